The normalized spacial score (nSPS) is 11.6. The average Bonchev–Trinajstić information content (AvgIpc) is 2.42. The topological polar surface area (TPSA) is 20.3 Å². The number of halogens is 1. The van der Waals surface area contributed by atoms with Gasteiger partial charge in [0, 0.05) is 19.0 Å². The largest absolute Gasteiger partial charge is 0.298 e. The molecule has 0 heterocycles. The minimum atomic E-state index is -0.260. The van der Waals surface area contributed by atoms with Crippen LogP contribution in [-0.4, -0.2) is 29.8 Å². The second kappa shape index (κ2) is 8.93. The zero-order valence-corrected chi connectivity index (χ0v) is 13.7. The lowest BCUT2D eigenvalue weighted by Crippen LogP contribution is -2.41. The Morgan fingerprint density at radius 3 is 2.19 bits per heavy atom. The van der Waals surface area contributed by atoms with Crippen molar-refractivity contribution in [2.45, 2.75) is 53.0 Å². The first kappa shape index (κ1) is 17.8. The van der Waals surface area contributed by atoms with E-state index in [0.29, 0.717) is 24.9 Å². The van der Waals surface area contributed by atoms with Crippen molar-refractivity contribution in [3.05, 3.63) is 35.6 Å². The van der Waals surface area contributed by atoms with Crippen LogP contribution < -0.4 is 0 Å². The van der Waals surface area contributed by atoms with Crippen molar-refractivity contribution < 1.29 is 9.18 Å². The van der Waals surface area contributed by atoms with Gasteiger partial charge in [0.25, 0.3) is 0 Å². The molecule has 0 atom stereocenters. The molecule has 0 saturated heterocycles. The Kier molecular flexibility index (Phi) is 7.58. The van der Waals surface area contributed by atoms with Crippen LogP contribution in [0.4, 0.5) is 4.39 Å². The van der Waals surface area contributed by atoms with Gasteiger partial charge in [-0.1, -0.05) is 39.8 Å². The van der Waals surface area contributed by atoms with Crippen molar-refractivity contribution >= 4 is 5.78 Å². The second-order valence-corrected chi connectivity index (χ2v) is 6.14. The van der Waals surface area contributed by atoms with Crippen LogP contribution in [0.1, 0.15) is 46.1 Å². The molecular weight excluding hydrogens is 265 g/mol. The molecule has 0 unspecified atom stereocenters. The first-order chi connectivity index (χ1) is 9.96. The van der Waals surface area contributed by atoms with Gasteiger partial charge in [-0.3, -0.25) is 9.69 Å². The van der Waals surface area contributed by atoms with Crippen LogP contribution in [0.15, 0.2) is 24.3 Å². The van der Waals surface area contributed by atoms with E-state index in [1.165, 1.54) is 12.1 Å². The number of ketones is 1. The molecule has 2 nitrogen and oxygen atoms in total. The third-order valence-corrected chi connectivity index (χ3v) is 3.75. The van der Waals surface area contributed by atoms with Gasteiger partial charge in [-0.2, -0.15) is 0 Å². The summed E-state index contributed by atoms with van der Waals surface area (Å²) in [7, 11) is 0. The summed E-state index contributed by atoms with van der Waals surface area (Å²) >= 11 is 0. The fourth-order valence-corrected chi connectivity index (χ4v) is 2.73. The van der Waals surface area contributed by atoms with E-state index in [-0.39, 0.29) is 11.6 Å². The summed E-state index contributed by atoms with van der Waals surface area (Å²) in [5.41, 5.74) is 0.885. The van der Waals surface area contributed by atoms with Crippen molar-refractivity contribution in [1.29, 1.82) is 0 Å². The molecule has 0 saturated carbocycles. The average molecular weight is 293 g/mol. The van der Waals surface area contributed by atoms with Gasteiger partial charge in [-0.05, 0) is 36.5 Å². The van der Waals surface area contributed by atoms with Crippen molar-refractivity contribution in [3.8, 4) is 0 Å². The molecule has 1 aromatic carbocycles. The Morgan fingerprint density at radius 1 is 1.14 bits per heavy atom. The molecule has 0 fully saturated rings. The Balaban J connectivity index is 2.64. The van der Waals surface area contributed by atoms with Crippen LogP contribution in [0.3, 0.4) is 0 Å². The van der Waals surface area contributed by atoms with Crippen LogP contribution >= 0.6 is 0 Å². The maximum Gasteiger partial charge on any atom is 0.151 e. The maximum atomic E-state index is 12.9. The number of Topliss-reactive ketones (excluding diaryl/α,β-unsaturated/α-hetero) is 1. The van der Waals surface area contributed by atoms with Gasteiger partial charge >= 0.3 is 0 Å². The number of benzene rings is 1. The van der Waals surface area contributed by atoms with Gasteiger partial charge < -0.3 is 0 Å². The third-order valence-electron chi connectivity index (χ3n) is 3.75. The molecule has 0 amide bonds. The highest BCUT2D eigenvalue weighted by Gasteiger charge is 2.19. The zero-order valence-electron chi connectivity index (χ0n) is 13.7. The quantitative estimate of drug-likeness (QED) is 0.683. The Labute approximate surface area is 128 Å². The first-order valence-electron chi connectivity index (χ1n) is 7.96. The molecular formula is C18H28FNO. The fraction of sp³-hybridized carbons (Fsp3) is 0.611. The molecule has 21 heavy (non-hydrogen) atoms. The standard InChI is InChI=1S/C18H28FNO/c1-5-17(6-2)20(12-14(3)4)13-18(21)11-15-7-9-16(19)10-8-15/h7-10,14,17H,5-6,11-13H2,1-4H3. The predicted molar refractivity (Wildman–Crippen MR) is 85.9 cm³/mol. The highest BCUT2D eigenvalue weighted by molar-refractivity contribution is 5.82. The van der Waals surface area contributed by atoms with E-state index in [4.69, 9.17) is 0 Å². The smallest absolute Gasteiger partial charge is 0.151 e. The van der Waals surface area contributed by atoms with E-state index in [2.05, 4.69) is 32.6 Å². The molecule has 0 bridgehead atoms. The van der Waals surface area contributed by atoms with E-state index in [9.17, 15) is 9.18 Å². The number of hydrogen-bond acceptors (Lipinski definition) is 2. The Hall–Kier alpha value is -1.22. The number of hydrogen-bond donors (Lipinski definition) is 0. The van der Waals surface area contributed by atoms with Crippen LogP contribution in [0, 0.1) is 11.7 Å². The van der Waals surface area contributed by atoms with Crippen LogP contribution in [0.2, 0.25) is 0 Å². The van der Waals surface area contributed by atoms with Crippen LogP contribution in [-0.2, 0) is 11.2 Å². The lowest BCUT2D eigenvalue weighted by molar-refractivity contribution is -0.120. The molecule has 3 heteroatoms. The summed E-state index contributed by atoms with van der Waals surface area (Å²) < 4.78 is 12.9. The Bertz CT molecular complexity index is 423. The maximum absolute atomic E-state index is 12.9. The van der Waals surface area contributed by atoms with Crippen LogP contribution in [0.25, 0.3) is 0 Å². The minimum absolute atomic E-state index is 0.203. The van der Waals surface area contributed by atoms with Gasteiger partial charge in [0.2, 0.25) is 0 Å². The summed E-state index contributed by atoms with van der Waals surface area (Å²) in [5.74, 6) is 0.489. The van der Waals surface area contributed by atoms with E-state index >= 15 is 0 Å². The lowest BCUT2D eigenvalue weighted by atomic mass is 10.0. The number of rotatable bonds is 9. The molecule has 0 aliphatic carbocycles. The number of nitrogens with zero attached hydrogens (tertiary/aromatic N) is 1. The van der Waals surface area contributed by atoms with E-state index in [1.807, 2.05) is 0 Å². The van der Waals surface area contributed by atoms with Gasteiger partial charge in [-0.25, -0.2) is 4.39 Å². The molecule has 0 N–H and O–H groups in total. The fourth-order valence-electron chi connectivity index (χ4n) is 2.73. The molecule has 0 aliphatic heterocycles. The van der Waals surface area contributed by atoms with Gasteiger partial charge in [-0.15, -0.1) is 0 Å². The Morgan fingerprint density at radius 2 is 1.71 bits per heavy atom. The van der Waals surface area contributed by atoms with Crippen molar-refractivity contribution in [3.63, 3.8) is 0 Å². The summed E-state index contributed by atoms with van der Waals surface area (Å²) in [6, 6.07) is 6.67. The van der Waals surface area contributed by atoms with Crippen molar-refractivity contribution in [1.82, 2.24) is 4.90 Å². The molecule has 118 valence electrons. The number of carbonyl (C=O) groups excluding carboxylic acids is 1. The zero-order chi connectivity index (χ0) is 15.8. The van der Waals surface area contributed by atoms with Crippen LogP contribution in [0.5, 0.6) is 0 Å². The van der Waals surface area contributed by atoms with E-state index < -0.39 is 0 Å². The van der Waals surface area contributed by atoms with Crippen molar-refractivity contribution in [2.24, 2.45) is 5.92 Å². The molecule has 0 radical (unpaired) electrons. The highest BCUT2D eigenvalue weighted by Crippen LogP contribution is 2.12. The predicted octanol–water partition coefficient (Wildman–Crippen LogP) is 4.08. The number of carbonyl (C=O) groups is 1. The van der Waals surface area contributed by atoms with Gasteiger partial charge in [0.05, 0.1) is 6.54 Å². The van der Waals surface area contributed by atoms with Crippen molar-refractivity contribution in [2.75, 3.05) is 13.1 Å². The van der Waals surface area contributed by atoms with E-state index in [0.717, 1.165) is 24.9 Å². The molecule has 0 spiro atoms. The van der Waals surface area contributed by atoms with E-state index in [1.54, 1.807) is 12.1 Å². The molecule has 1 aromatic rings. The summed E-state index contributed by atoms with van der Waals surface area (Å²) in [4.78, 5) is 14.6. The summed E-state index contributed by atoms with van der Waals surface area (Å²) in [6.45, 7) is 10.1. The first-order valence-corrected chi connectivity index (χ1v) is 7.96. The third kappa shape index (κ3) is 6.38. The SMILES string of the molecule is CCC(CC)N(CC(=O)Cc1ccc(F)cc1)CC(C)C. The van der Waals surface area contributed by atoms with Gasteiger partial charge in [0.1, 0.15) is 5.82 Å². The second-order valence-electron chi connectivity index (χ2n) is 6.14. The monoisotopic (exact) mass is 293 g/mol. The summed E-state index contributed by atoms with van der Waals surface area (Å²) in [5, 5.41) is 0. The summed E-state index contributed by atoms with van der Waals surface area (Å²) in [6.07, 6.45) is 2.51. The minimum Gasteiger partial charge on any atom is -0.298 e. The van der Waals surface area contributed by atoms with Gasteiger partial charge in [0.15, 0.2) is 5.78 Å². The molecule has 0 aliphatic rings. The molecule has 0 aromatic heterocycles. The molecule has 1 rings (SSSR count). The highest BCUT2D eigenvalue weighted by atomic mass is 19.1. The lowest BCUT2D eigenvalue weighted by Gasteiger charge is -2.31.